The molecular formula is C15H19N6O9P. The molecule has 1 amide bonds. The Morgan fingerprint density at radius 2 is 2.16 bits per heavy atom. The zero-order valence-corrected chi connectivity index (χ0v) is 16.7. The number of anilines is 1. The van der Waals surface area contributed by atoms with Gasteiger partial charge in [-0.2, -0.15) is 5.01 Å². The van der Waals surface area contributed by atoms with E-state index in [0.717, 1.165) is 6.33 Å². The highest BCUT2D eigenvalue weighted by Gasteiger charge is 2.54. The molecule has 0 aliphatic carbocycles. The van der Waals surface area contributed by atoms with Crippen LogP contribution < -0.4 is 11.6 Å². The van der Waals surface area contributed by atoms with Crippen LogP contribution in [0, 0.1) is 12.0 Å². The zero-order chi connectivity index (χ0) is 23.1. The number of fused-ring (bicyclic) bond motifs is 1. The Morgan fingerprint density at radius 3 is 2.77 bits per heavy atom. The highest BCUT2D eigenvalue weighted by atomic mass is 31.2. The molecule has 4 atom stereocenters. The van der Waals surface area contributed by atoms with Crippen molar-refractivity contribution in [3.8, 4) is 12.0 Å². The minimum absolute atomic E-state index is 0.00785. The van der Waals surface area contributed by atoms with Gasteiger partial charge >= 0.3 is 13.9 Å². The van der Waals surface area contributed by atoms with Crippen molar-refractivity contribution >= 4 is 30.8 Å². The molecule has 31 heavy (non-hydrogen) atoms. The molecule has 2 aromatic rings. The Balaban J connectivity index is 2.05. The van der Waals surface area contributed by atoms with E-state index < -0.39 is 44.6 Å². The Bertz CT molecular complexity index is 1120. The maximum atomic E-state index is 11.0. The Labute approximate surface area is 174 Å². The highest BCUT2D eigenvalue weighted by Crippen LogP contribution is 2.43. The van der Waals surface area contributed by atoms with E-state index >= 15 is 0 Å². The number of rotatable bonds is 4. The molecule has 1 aliphatic heterocycles. The van der Waals surface area contributed by atoms with Crippen LogP contribution in [0.2, 0.25) is 0 Å². The molecule has 0 aromatic carbocycles. The smallest absolute Gasteiger partial charge is 0.463 e. The van der Waals surface area contributed by atoms with Gasteiger partial charge in [0, 0.05) is 12.2 Å². The molecule has 9 N–H and O–H groups in total. The maximum absolute atomic E-state index is 11.0. The number of nitrogen functional groups attached to an aromatic ring is 1. The third kappa shape index (κ3) is 4.46. The lowest BCUT2D eigenvalue weighted by Crippen LogP contribution is -2.44. The van der Waals surface area contributed by atoms with E-state index in [4.69, 9.17) is 31.2 Å². The zero-order valence-electron chi connectivity index (χ0n) is 15.9. The first-order valence-electron chi connectivity index (χ1n) is 8.49. The standard InChI is InChI=1S/C15H19N6O9P/c1-15(25)10(22)8(5-29-31(26,27)28)30-13(15)20-4-7(2-3-21(17)14(23)24)9-11(16)18-6-19-12(9)20/h4,6,8,10,13,22,25H,5,17H2,1H3,(H,23,24)(H2,16,18,19)(H2,26,27,28)/t8-,10-,13-,15-/m1/s1. The van der Waals surface area contributed by atoms with E-state index in [1.807, 2.05) is 0 Å². The number of carboxylic acid groups (broad SMARTS) is 1. The first-order valence-corrected chi connectivity index (χ1v) is 10.0. The van der Waals surface area contributed by atoms with Gasteiger partial charge in [0.1, 0.15) is 35.6 Å². The van der Waals surface area contributed by atoms with Gasteiger partial charge in [0.25, 0.3) is 0 Å². The molecule has 0 unspecified atom stereocenters. The fourth-order valence-corrected chi connectivity index (χ4v) is 3.44. The second-order valence-electron chi connectivity index (χ2n) is 6.78. The third-order valence-corrected chi connectivity index (χ3v) is 5.06. The molecule has 3 heterocycles. The Hall–Kier alpha value is -2.80. The number of ether oxygens (including phenoxy) is 1. The van der Waals surface area contributed by atoms with E-state index in [1.165, 1.54) is 17.7 Å². The predicted octanol–water partition coefficient (Wildman–Crippen LogP) is -1.71. The molecule has 0 radical (unpaired) electrons. The number of aliphatic hydroxyl groups excluding tert-OH is 1. The lowest BCUT2D eigenvalue weighted by Gasteiger charge is -2.27. The number of amides is 1. The molecule has 3 rings (SSSR count). The summed E-state index contributed by atoms with van der Waals surface area (Å²) in [6, 6.07) is 2.17. The number of carbonyl (C=O) groups is 1. The summed E-state index contributed by atoms with van der Waals surface area (Å²) in [6.07, 6.45) is -3.25. The first-order chi connectivity index (χ1) is 14.3. The van der Waals surface area contributed by atoms with Gasteiger partial charge in [0.05, 0.1) is 17.6 Å². The summed E-state index contributed by atoms with van der Waals surface area (Å²) in [6.45, 7) is 0.537. The molecule has 0 spiro atoms. The quantitative estimate of drug-likeness (QED) is 0.0675. The Kier molecular flexibility index (Phi) is 5.93. The van der Waals surface area contributed by atoms with Gasteiger partial charge in [0.15, 0.2) is 6.23 Å². The maximum Gasteiger partial charge on any atom is 0.469 e. The minimum atomic E-state index is -4.85. The van der Waals surface area contributed by atoms with Crippen LogP contribution in [0.5, 0.6) is 0 Å². The summed E-state index contributed by atoms with van der Waals surface area (Å²) < 4.78 is 22.2. The van der Waals surface area contributed by atoms with Crippen LogP contribution in [0.4, 0.5) is 10.6 Å². The number of aromatic nitrogens is 3. The van der Waals surface area contributed by atoms with Gasteiger partial charge in [-0.05, 0) is 12.8 Å². The molecule has 0 bridgehead atoms. The van der Waals surface area contributed by atoms with E-state index in [2.05, 4.69) is 26.5 Å². The largest absolute Gasteiger partial charge is 0.469 e. The fourth-order valence-electron chi connectivity index (χ4n) is 3.10. The van der Waals surface area contributed by atoms with E-state index in [1.54, 1.807) is 0 Å². The van der Waals surface area contributed by atoms with Crippen molar-refractivity contribution in [2.24, 2.45) is 5.84 Å². The van der Waals surface area contributed by atoms with Gasteiger partial charge in [-0.3, -0.25) is 4.52 Å². The monoisotopic (exact) mass is 458 g/mol. The third-order valence-electron chi connectivity index (χ3n) is 4.57. The molecule has 0 saturated carbocycles. The topological polar surface area (TPSA) is 240 Å². The second kappa shape index (κ2) is 8.04. The fraction of sp³-hybridized carbons (Fsp3) is 0.400. The average Bonchev–Trinajstić information content (AvgIpc) is 3.14. The number of nitrogens with two attached hydrogens (primary N) is 2. The van der Waals surface area contributed by atoms with Crippen molar-refractivity contribution in [3.05, 3.63) is 18.1 Å². The molecule has 1 saturated heterocycles. The van der Waals surface area contributed by atoms with Crippen LogP contribution in [-0.2, 0) is 13.8 Å². The van der Waals surface area contributed by atoms with Crippen LogP contribution >= 0.6 is 7.82 Å². The van der Waals surface area contributed by atoms with Crippen molar-refractivity contribution in [1.82, 2.24) is 19.5 Å². The van der Waals surface area contributed by atoms with Crippen molar-refractivity contribution in [1.29, 1.82) is 0 Å². The van der Waals surface area contributed by atoms with Gasteiger partial charge < -0.3 is 40.1 Å². The summed E-state index contributed by atoms with van der Waals surface area (Å²) >= 11 is 0. The molecule has 2 aromatic heterocycles. The van der Waals surface area contributed by atoms with Crippen LogP contribution in [0.3, 0.4) is 0 Å². The molecule has 16 heteroatoms. The number of phosphoric ester groups is 1. The van der Waals surface area contributed by atoms with Crippen molar-refractivity contribution in [2.45, 2.75) is 31.0 Å². The lowest BCUT2D eigenvalue weighted by molar-refractivity contribution is -0.0947. The summed E-state index contributed by atoms with van der Waals surface area (Å²) in [5.74, 6) is 7.74. The van der Waals surface area contributed by atoms with Gasteiger partial charge in [-0.1, -0.05) is 0 Å². The van der Waals surface area contributed by atoms with Gasteiger partial charge in [-0.25, -0.2) is 25.2 Å². The normalized spacial score (nSPS) is 25.9. The highest BCUT2D eigenvalue weighted by molar-refractivity contribution is 7.46. The van der Waals surface area contributed by atoms with Crippen molar-refractivity contribution in [3.63, 3.8) is 0 Å². The summed E-state index contributed by atoms with van der Waals surface area (Å²) in [7, 11) is -4.85. The number of aliphatic hydroxyl groups is 2. The van der Waals surface area contributed by atoms with E-state index in [-0.39, 0.29) is 27.4 Å². The van der Waals surface area contributed by atoms with Crippen LogP contribution in [0.15, 0.2) is 12.5 Å². The van der Waals surface area contributed by atoms with Crippen LogP contribution in [-0.4, -0.2) is 75.2 Å². The number of hydrogen-bond acceptors (Lipinski definition) is 10. The lowest BCUT2D eigenvalue weighted by atomic mass is 9.96. The van der Waals surface area contributed by atoms with E-state index in [9.17, 15) is 19.6 Å². The molecule has 168 valence electrons. The number of nitrogens with zero attached hydrogens (tertiary/aromatic N) is 4. The molecule has 1 aliphatic rings. The van der Waals surface area contributed by atoms with Crippen LogP contribution in [0.25, 0.3) is 11.0 Å². The summed E-state index contributed by atoms with van der Waals surface area (Å²) in [5, 5.41) is 30.5. The number of hydrogen-bond donors (Lipinski definition) is 7. The summed E-state index contributed by atoms with van der Waals surface area (Å²) in [5.41, 5.74) is 4.22. The van der Waals surface area contributed by atoms with Crippen LogP contribution in [0.1, 0.15) is 18.7 Å². The summed E-state index contributed by atoms with van der Waals surface area (Å²) in [4.78, 5) is 36.5. The molecule has 1 fully saturated rings. The van der Waals surface area contributed by atoms with Gasteiger partial charge in [-0.15, -0.1) is 0 Å². The van der Waals surface area contributed by atoms with E-state index in [0.29, 0.717) is 0 Å². The average molecular weight is 458 g/mol. The first kappa shape index (κ1) is 22.9. The number of hydrazine groups is 1. The molecule has 15 nitrogen and oxygen atoms in total. The molecular weight excluding hydrogens is 439 g/mol. The minimum Gasteiger partial charge on any atom is -0.463 e. The Morgan fingerprint density at radius 1 is 1.48 bits per heavy atom. The van der Waals surface area contributed by atoms with Crippen molar-refractivity contribution in [2.75, 3.05) is 12.3 Å². The second-order valence-corrected chi connectivity index (χ2v) is 8.02. The van der Waals surface area contributed by atoms with Gasteiger partial charge in [0.2, 0.25) is 0 Å². The van der Waals surface area contributed by atoms with Crippen molar-refractivity contribution < 1.29 is 43.7 Å². The number of phosphoric acid groups is 1. The SMILES string of the molecule is C[C@@]1(O)[C@H](O)[C@@H](COP(=O)(O)O)O[C@H]1n1cc(C#CN(N)C(=O)O)c2c(N)ncnc21. The predicted molar refractivity (Wildman–Crippen MR) is 101 cm³/mol.